The topological polar surface area (TPSA) is 68.0 Å². The largest absolute Gasteiger partial charge is 0.490 e. The van der Waals surface area contributed by atoms with Gasteiger partial charge in [0.05, 0.1) is 29.7 Å². The highest BCUT2D eigenvalue weighted by Crippen LogP contribution is 2.56. The van der Waals surface area contributed by atoms with Crippen LogP contribution >= 0.6 is 0 Å². The minimum atomic E-state index is -4.19. The minimum Gasteiger partial charge on any atom is -0.490 e. The van der Waals surface area contributed by atoms with Gasteiger partial charge in [-0.1, -0.05) is 24.3 Å². The van der Waals surface area contributed by atoms with E-state index >= 15 is 0 Å². The molecule has 0 bridgehead atoms. The molecule has 28 heavy (non-hydrogen) atoms. The van der Waals surface area contributed by atoms with Crippen LogP contribution in [0.5, 0.6) is 5.75 Å². The van der Waals surface area contributed by atoms with Crippen molar-refractivity contribution in [3.05, 3.63) is 65.0 Å². The number of hydrogen-bond acceptors (Lipinski definition) is 4. The predicted octanol–water partition coefficient (Wildman–Crippen LogP) is 3.74. The Hall–Kier alpha value is -2.50. The second-order valence-electron chi connectivity index (χ2n) is 7.17. The smallest absolute Gasteiger partial charge is 0.188 e. The normalized spacial score (nSPS) is 26.5. The average Bonchev–Trinajstić information content (AvgIpc) is 2.70. The first-order valence-electron chi connectivity index (χ1n) is 8.83. The molecule has 0 aromatic heterocycles. The Morgan fingerprint density at radius 2 is 1.82 bits per heavy atom. The third kappa shape index (κ3) is 2.54. The van der Waals surface area contributed by atoms with Crippen molar-refractivity contribution in [3.63, 3.8) is 0 Å². The number of hydrogen-bond donors (Lipinski definition) is 1. The van der Waals surface area contributed by atoms with E-state index in [1.807, 2.05) is 0 Å². The molecule has 1 N–H and O–H groups in total. The molecular formula is C20H17F2NO4S. The van der Waals surface area contributed by atoms with Crippen LogP contribution in [0.15, 0.2) is 41.3 Å². The van der Waals surface area contributed by atoms with Crippen molar-refractivity contribution in [2.24, 2.45) is 5.92 Å². The van der Waals surface area contributed by atoms with Gasteiger partial charge in [0.1, 0.15) is 10.6 Å². The van der Waals surface area contributed by atoms with Crippen molar-refractivity contribution < 1.29 is 27.0 Å². The van der Waals surface area contributed by atoms with Crippen LogP contribution in [0, 0.1) is 24.1 Å². The van der Waals surface area contributed by atoms with Crippen molar-refractivity contribution in [2.75, 3.05) is 6.61 Å². The van der Waals surface area contributed by atoms with Crippen molar-refractivity contribution >= 4 is 15.5 Å². The Balaban J connectivity index is 2.00. The van der Waals surface area contributed by atoms with E-state index in [-0.39, 0.29) is 47.8 Å². The highest BCUT2D eigenvalue weighted by Gasteiger charge is 2.59. The Morgan fingerprint density at radius 3 is 2.50 bits per heavy atom. The van der Waals surface area contributed by atoms with Gasteiger partial charge in [0.15, 0.2) is 27.1 Å². The summed E-state index contributed by atoms with van der Waals surface area (Å²) in [5, 5.41) is 10.1. The number of ether oxygens (including phenoxy) is 1. The number of halogens is 2. The molecule has 4 rings (SSSR count). The SMILES string of the molecule is [C-]#[N+]c1ccc(S(=O)(=O)[C@@]23CC[C@H](O)C[C@@H]2COc2c(F)ccc(F)c23)cc1. The lowest BCUT2D eigenvalue weighted by atomic mass is 9.72. The lowest BCUT2D eigenvalue weighted by Gasteiger charge is -2.48. The Bertz CT molecular complexity index is 1080. The molecule has 2 aromatic rings. The maximum atomic E-state index is 14.9. The van der Waals surface area contributed by atoms with Crippen LogP contribution in [0.3, 0.4) is 0 Å². The number of fused-ring (bicyclic) bond motifs is 3. The number of aliphatic hydroxyl groups excluding tert-OH is 1. The van der Waals surface area contributed by atoms with Crippen LogP contribution in [0.25, 0.3) is 4.85 Å². The fourth-order valence-electron chi connectivity index (χ4n) is 4.40. The summed E-state index contributed by atoms with van der Waals surface area (Å²) in [7, 11) is -4.19. The van der Waals surface area contributed by atoms with Crippen LogP contribution in [-0.4, -0.2) is 26.2 Å². The first-order chi connectivity index (χ1) is 13.3. The monoisotopic (exact) mass is 405 g/mol. The molecule has 5 nitrogen and oxygen atoms in total. The van der Waals surface area contributed by atoms with Crippen molar-refractivity contribution in [1.82, 2.24) is 0 Å². The van der Waals surface area contributed by atoms with Gasteiger partial charge in [-0.2, -0.15) is 0 Å². The zero-order chi connectivity index (χ0) is 20.1. The third-order valence-corrected chi connectivity index (χ3v) is 8.32. The summed E-state index contributed by atoms with van der Waals surface area (Å²) in [6.07, 6.45) is -0.540. The van der Waals surface area contributed by atoms with Gasteiger partial charge in [-0.15, -0.1) is 0 Å². The van der Waals surface area contributed by atoms with Gasteiger partial charge in [0, 0.05) is 5.92 Å². The summed E-state index contributed by atoms with van der Waals surface area (Å²) in [5.74, 6) is -2.78. The first-order valence-corrected chi connectivity index (χ1v) is 10.3. The molecule has 1 heterocycles. The first kappa shape index (κ1) is 18.8. The minimum absolute atomic E-state index is 0.0531. The molecule has 1 aliphatic carbocycles. The van der Waals surface area contributed by atoms with E-state index in [1.165, 1.54) is 24.3 Å². The second kappa shape index (κ2) is 6.54. The fraction of sp³-hybridized carbons (Fsp3) is 0.350. The van der Waals surface area contributed by atoms with Crippen molar-refractivity contribution in [1.29, 1.82) is 0 Å². The van der Waals surface area contributed by atoms with Gasteiger partial charge in [-0.3, -0.25) is 0 Å². The second-order valence-corrected chi connectivity index (χ2v) is 9.37. The summed E-state index contributed by atoms with van der Waals surface area (Å²) >= 11 is 0. The summed E-state index contributed by atoms with van der Waals surface area (Å²) in [6.45, 7) is 6.89. The van der Waals surface area contributed by atoms with E-state index in [2.05, 4.69) is 4.85 Å². The molecule has 8 heteroatoms. The predicted molar refractivity (Wildman–Crippen MR) is 96.8 cm³/mol. The van der Waals surface area contributed by atoms with E-state index in [4.69, 9.17) is 11.3 Å². The van der Waals surface area contributed by atoms with Gasteiger partial charge in [0.2, 0.25) is 0 Å². The Kier molecular flexibility index (Phi) is 4.40. The number of aliphatic hydroxyl groups is 1. The zero-order valence-corrected chi connectivity index (χ0v) is 15.5. The molecule has 146 valence electrons. The Labute approximate surface area is 161 Å². The Morgan fingerprint density at radius 1 is 1.14 bits per heavy atom. The van der Waals surface area contributed by atoms with E-state index in [1.54, 1.807) is 0 Å². The zero-order valence-electron chi connectivity index (χ0n) is 14.7. The molecule has 1 fully saturated rings. The molecule has 3 atom stereocenters. The molecule has 0 saturated heterocycles. The summed E-state index contributed by atoms with van der Waals surface area (Å²) in [6, 6.07) is 7.20. The molecule has 1 saturated carbocycles. The van der Waals surface area contributed by atoms with Crippen LogP contribution in [0.1, 0.15) is 24.8 Å². The highest BCUT2D eigenvalue weighted by molar-refractivity contribution is 7.92. The van der Waals surface area contributed by atoms with Gasteiger partial charge in [0.25, 0.3) is 0 Å². The average molecular weight is 405 g/mol. The van der Waals surface area contributed by atoms with E-state index in [0.717, 1.165) is 12.1 Å². The third-order valence-electron chi connectivity index (χ3n) is 5.73. The molecule has 0 amide bonds. The van der Waals surface area contributed by atoms with Crippen molar-refractivity contribution in [2.45, 2.75) is 35.0 Å². The molecule has 2 aromatic carbocycles. The fourth-order valence-corrected chi connectivity index (χ4v) is 6.77. The lowest BCUT2D eigenvalue weighted by Crippen LogP contribution is -2.53. The summed E-state index contributed by atoms with van der Waals surface area (Å²) < 4.78 is 60.5. The van der Waals surface area contributed by atoms with Gasteiger partial charge in [-0.25, -0.2) is 22.0 Å². The van der Waals surface area contributed by atoms with Crippen LogP contribution in [0.4, 0.5) is 14.5 Å². The highest BCUT2D eigenvalue weighted by atomic mass is 32.2. The number of nitrogens with zero attached hydrogens (tertiary/aromatic N) is 1. The van der Waals surface area contributed by atoms with Crippen LogP contribution in [-0.2, 0) is 14.6 Å². The summed E-state index contributed by atoms with van der Waals surface area (Å²) in [4.78, 5) is 3.18. The molecule has 0 spiro atoms. The van der Waals surface area contributed by atoms with E-state index in [9.17, 15) is 22.3 Å². The quantitative estimate of drug-likeness (QED) is 0.773. The van der Waals surface area contributed by atoms with Crippen molar-refractivity contribution in [3.8, 4) is 5.75 Å². The molecule has 1 aliphatic heterocycles. The molecule has 0 radical (unpaired) electrons. The number of sulfone groups is 1. The van der Waals surface area contributed by atoms with Crippen LogP contribution < -0.4 is 4.74 Å². The van der Waals surface area contributed by atoms with Gasteiger partial charge >= 0.3 is 0 Å². The standard InChI is InChI=1S/C20H17F2NO4S/c1-23-13-2-4-15(5-3-13)28(25,26)20-9-8-14(24)10-12(20)11-27-19-17(22)7-6-16(21)18(19)20/h2-7,12,14,24H,8-11H2/t12-,14+,20+/m1/s1. The maximum Gasteiger partial charge on any atom is 0.188 e. The van der Waals surface area contributed by atoms with Crippen LogP contribution in [0.2, 0.25) is 0 Å². The molecule has 2 aliphatic rings. The lowest BCUT2D eigenvalue weighted by molar-refractivity contribution is 0.0395. The summed E-state index contributed by atoms with van der Waals surface area (Å²) in [5.41, 5.74) is -0.0263. The van der Waals surface area contributed by atoms with E-state index in [0.29, 0.717) is 0 Å². The molecule has 0 unspecified atom stereocenters. The number of rotatable bonds is 2. The molecular weight excluding hydrogens is 388 g/mol. The number of benzene rings is 2. The van der Waals surface area contributed by atoms with E-state index < -0.39 is 38.2 Å². The maximum absolute atomic E-state index is 14.9. The van der Waals surface area contributed by atoms with Gasteiger partial charge in [-0.05, 0) is 31.4 Å². The van der Waals surface area contributed by atoms with Gasteiger partial charge < -0.3 is 9.84 Å².